The van der Waals surface area contributed by atoms with Gasteiger partial charge in [0.05, 0.1) is 6.61 Å². The highest BCUT2D eigenvalue weighted by Gasteiger charge is 2.37. The minimum absolute atomic E-state index is 0.0304. The lowest BCUT2D eigenvalue weighted by atomic mass is 9.74. The molecule has 0 aromatic heterocycles. The van der Waals surface area contributed by atoms with Gasteiger partial charge in [-0.05, 0) is 49.9 Å². The van der Waals surface area contributed by atoms with Crippen molar-refractivity contribution in [3.63, 3.8) is 0 Å². The van der Waals surface area contributed by atoms with Gasteiger partial charge in [0, 0.05) is 11.6 Å². The maximum atomic E-state index is 9.85. The minimum atomic E-state index is 0.0304. The third-order valence-electron chi connectivity index (χ3n) is 5.50. The molecular formula is C16H31NO. The molecule has 18 heavy (non-hydrogen) atoms. The summed E-state index contributed by atoms with van der Waals surface area (Å²) < 4.78 is 0. The maximum Gasteiger partial charge on any atom is 0.0613 e. The summed E-state index contributed by atoms with van der Waals surface area (Å²) in [6, 6.07) is 0.633. The predicted octanol–water partition coefficient (Wildman–Crippen LogP) is 3.34. The summed E-state index contributed by atoms with van der Waals surface area (Å²) in [7, 11) is 0. The summed E-state index contributed by atoms with van der Waals surface area (Å²) in [4.78, 5) is 0. The number of aliphatic hydroxyl groups is 1. The number of hydrogen-bond donors (Lipinski definition) is 2. The second kappa shape index (κ2) is 5.92. The van der Waals surface area contributed by atoms with Crippen molar-refractivity contribution < 1.29 is 5.11 Å². The van der Waals surface area contributed by atoms with Crippen LogP contribution in [0.15, 0.2) is 0 Å². The summed E-state index contributed by atoms with van der Waals surface area (Å²) in [6.45, 7) is 7.41. The van der Waals surface area contributed by atoms with Crippen LogP contribution in [0.3, 0.4) is 0 Å². The highest BCUT2D eigenvalue weighted by atomic mass is 16.3. The minimum Gasteiger partial charge on any atom is -0.394 e. The first-order valence-corrected chi connectivity index (χ1v) is 7.93. The highest BCUT2D eigenvalue weighted by Crippen LogP contribution is 2.35. The lowest BCUT2D eigenvalue weighted by Crippen LogP contribution is -2.56. The summed E-state index contributed by atoms with van der Waals surface area (Å²) in [5.74, 6) is 2.46. The molecular weight excluding hydrogens is 222 g/mol. The number of nitrogens with one attached hydrogen (secondary N) is 1. The van der Waals surface area contributed by atoms with Gasteiger partial charge in [-0.15, -0.1) is 0 Å². The molecule has 0 saturated heterocycles. The van der Waals surface area contributed by atoms with E-state index in [1.54, 1.807) is 0 Å². The molecule has 2 N–H and O–H groups in total. The fourth-order valence-electron chi connectivity index (χ4n) is 4.09. The molecule has 2 nitrogen and oxygen atoms in total. The van der Waals surface area contributed by atoms with Crippen molar-refractivity contribution in [3.05, 3.63) is 0 Å². The van der Waals surface area contributed by atoms with Crippen molar-refractivity contribution in [2.45, 2.75) is 77.3 Å². The van der Waals surface area contributed by atoms with Gasteiger partial charge in [0.25, 0.3) is 0 Å². The van der Waals surface area contributed by atoms with Crippen molar-refractivity contribution >= 4 is 0 Å². The Morgan fingerprint density at radius 3 is 2.50 bits per heavy atom. The molecule has 2 heteroatoms. The molecule has 0 amide bonds. The number of hydrogen-bond acceptors (Lipinski definition) is 2. The van der Waals surface area contributed by atoms with Crippen molar-refractivity contribution in [1.82, 2.24) is 5.32 Å². The van der Waals surface area contributed by atoms with Crippen LogP contribution in [0, 0.1) is 17.8 Å². The first kappa shape index (κ1) is 14.3. The Kier molecular flexibility index (Phi) is 4.71. The SMILES string of the molecule is CC1CCCC(CO)(NC2CCC(C)C(C)C2)C1. The predicted molar refractivity (Wildman–Crippen MR) is 76.6 cm³/mol. The van der Waals surface area contributed by atoms with E-state index in [0.717, 1.165) is 30.6 Å². The molecule has 0 heterocycles. The van der Waals surface area contributed by atoms with E-state index in [0.29, 0.717) is 12.6 Å². The summed E-state index contributed by atoms with van der Waals surface area (Å²) in [5.41, 5.74) is 0.0304. The van der Waals surface area contributed by atoms with Gasteiger partial charge in [-0.2, -0.15) is 0 Å². The van der Waals surface area contributed by atoms with Crippen molar-refractivity contribution in [3.8, 4) is 0 Å². The molecule has 0 aliphatic heterocycles. The van der Waals surface area contributed by atoms with Crippen LogP contribution in [-0.2, 0) is 0 Å². The molecule has 2 rings (SSSR count). The van der Waals surface area contributed by atoms with E-state index < -0.39 is 0 Å². The van der Waals surface area contributed by atoms with E-state index in [9.17, 15) is 5.11 Å². The highest BCUT2D eigenvalue weighted by molar-refractivity contribution is 4.96. The zero-order chi connectivity index (χ0) is 13.2. The van der Waals surface area contributed by atoms with Crippen LogP contribution >= 0.6 is 0 Å². The smallest absolute Gasteiger partial charge is 0.0613 e. The Hall–Kier alpha value is -0.0800. The average molecular weight is 253 g/mol. The van der Waals surface area contributed by atoms with Gasteiger partial charge in [-0.3, -0.25) is 0 Å². The Labute approximate surface area is 113 Å². The molecule has 2 aliphatic rings. The Balaban J connectivity index is 1.93. The first-order chi connectivity index (χ1) is 8.54. The van der Waals surface area contributed by atoms with Gasteiger partial charge >= 0.3 is 0 Å². The molecule has 0 spiro atoms. The zero-order valence-electron chi connectivity index (χ0n) is 12.4. The Morgan fingerprint density at radius 1 is 1.11 bits per heavy atom. The normalized spacial score (nSPS) is 46.0. The van der Waals surface area contributed by atoms with Crippen LogP contribution in [0.1, 0.15) is 65.7 Å². The Morgan fingerprint density at radius 2 is 1.89 bits per heavy atom. The van der Waals surface area contributed by atoms with Gasteiger partial charge in [0.2, 0.25) is 0 Å². The van der Waals surface area contributed by atoms with E-state index in [-0.39, 0.29) is 5.54 Å². The second-order valence-corrected chi connectivity index (χ2v) is 7.25. The van der Waals surface area contributed by atoms with Gasteiger partial charge in [-0.25, -0.2) is 0 Å². The molecule has 5 unspecified atom stereocenters. The lowest BCUT2D eigenvalue weighted by Gasteiger charge is -2.44. The van der Waals surface area contributed by atoms with Gasteiger partial charge in [-0.1, -0.05) is 33.6 Å². The summed E-state index contributed by atoms with van der Waals surface area (Å²) >= 11 is 0. The summed E-state index contributed by atoms with van der Waals surface area (Å²) in [6.07, 6.45) is 8.85. The van der Waals surface area contributed by atoms with E-state index in [1.165, 1.54) is 32.1 Å². The molecule has 5 atom stereocenters. The summed E-state index contributed by atoms with van der Waals surface area (Å²) in [5, 5.41) is 13.7. The molecule has 2 aliphatic carbocycles. The number of rotatable bonds is 3. The van der Waals surface area contributed by atoms with Gasteiger partial charge in [0.15, 0.2) is 0 Å². The maximum absolute atomic E-state index is 9.85. The fourth-order valence-corrected chi connectivity index (χ4v) is 4.09. The van der Waals surface area contributed by atoms with Gasteiger partial charge < -0.3 is 10.4 Å². The molecule has 0 aromatic carbocycles. The van der Waals surface area contributed by atoms with Crippen molar-refractivity contribution in [1.29, 1.82) is 0 Å². The number of aliphatic hydroxyl groups excluding tert-OH is 1. The quantitative estimate of drug-likeness (QED) is 0.808. The second-order valence-electron chi connectivity index (χ2n) is 7.25. The molecule has 2 saturated carbocycles. The molecule has 106 valence electrons. The monoisotopic (exact) mass is 253 g/mol. The molecule has 0 bridgehead atoms. The Bertz CT molecular complexity index is 268. The van der Waals surface area contributed by atoms with Crippen molar-refractivity contribution in [2.24, 2.45) is 17.8 Å². The fraction of sp³-hybridized carbons (Fsp3) is 1.00. The molecule has 2 fully saturated rings. The third kappa shape index (κ3) is 3.27. The largest absolute Gasteiger partial charge is 0.394 e. The standard InChI is InChI=1S/C16H31NO/c1-12-5-4-8-16(10-12,11-18)17-15-7-6-13(2)14(3)9-15/h12-15,17-18H,4-11H2,1-3H3. The third-order valence-corrected chi connectivity index (χ3v) is 5.50. The van der Waals surface area contributed by atoms with E-state index in [2.05, 4.69) is 26.1 Å². The van der Waals surface area contributed by atoms with Crippen LogP contribution in [0.4, 0.5) is 0 Å². The van der Waals surface area contributed by atoms with Crippen LogP contribution in [0.5, 0.6) is 0 Å². The van der Waals surface area contributed by atoms with E-state index in [1.807, 2.05) is 0 Å². The van der Waals surface area contributed by atoms with Crippen LogP contribution in [0.2, 0.25) is 0 Å². The van der Waals surface area contributed by atoms with Crippen molar-refractivity contribution in [2.75, 3.05) is 6.61 Å². The van der Waals surface area contributed by atoms with E-state index >= 15 is 0 Å². The molecule has 0 radical (unpaired) electrons. The van der Waals surface area contributed by atoms with Crippen LogP contribution in [0.25, 0.3) is 0 Å². The lowest BCUT2D eigenvalue weighted by molar-refractivity contribution is 0.0730. The van der Waals surface area contributed by atoms with Crippen LogP contribution in [-0.4, -0.2) is 23.3 Å². The zero-order valence-corrected chi connectivity index (χ0v) is 12.4. The van der Waals surface area contributed by atoms with Gasteiger partial charge in [0.1, 0.15) is 0 Å². The molecule has 0 aromatic rings. The van der Waals surface area contributed by atoms with Crippen LogP contribution < -0.4 is 5.32 Å². The first-order valence-electron chi connectivity index (χ1n) is 7.93. The van der Waals surface area contributed by atoms with E-state index in [4.69, 9.17) is 0 Å². The average Bonchev–Trinajstić information content (AvgIpc) is 2.34. The topological polar surface area (TPSA) is 32.3 Å².